The van der Waals surface area contributed by atoms with Crippen LogP contribution in [-0.4, -0.2) is 28.0 Å². The normalized spacial score (nSPS) is 11.0. The van der Waals surface area contributed by atoms with Crippen LogP contribution in [0, 0.1) is 6.92 Å². The summed E-state index contributed by atoms with van der Waals surface area (Å²) < 4.78 is 6.35. The number of pyridine rings is 1. The molecule has 0 N–H and O–H groups in total. The fourth-order valence-electron chi connectivity index (χ4n) is 3.18. The molecule has 0 aliphatic heterocycles. The van der Waals surface area contributed by atoms with E-state index in [4.69, 9.17) is 4.52 Å². The summed E-state index contributed by atoms with van der Waals surface area (Å²) in [6, 6.07) is 19.4. The third-order valence-corrected chi connectivity index (χ3v) is 5.40. The summed E-state index contributed by atoms with van der Waals surface area (Å²) in [6.07, 6.45) is 0. The number of amides is 1. The van der Waals surface area contributed by atoms with Gasteiger partial charge in [0, 0.05) is 23.6 Å². The van der Waals surface area contributed by atoms with Crippen molar-refractivity contribution in [3.63, 3.8) is 0 Å². The van der Waals surface area contributed by atoms with E-state index in [2.05, 4.69) is 26.1 Å². The maximum absolute atomic E-state index is 13.3. The van der Waals surface area contributed by atoms with Gasteiger partial charge in [-0.05, 0) is 24.6 Å². The second kappa shape index (κ2) is 7.56. The second-order valence-corrected chi connectivity index (χ2v) is 7.48. The van der Waals surface area contributed by atoms with Crippen molar-refractivity contribution in [2.24, 2.45) is 0 Å². The maximum Gasteiger partial charge on any atom is 0.259 e. The van der Waals surface area contributed by atoms with Crippen LogP contribution in [0.4, 0.5) is 0 Å². The third-order valence-electron chi connectivity index (χ3n) is 4.63. The van der Waals surface area contributed by atoms with Crippen LogP contribution in [-0.2, 0) is 6.54 Å². The Labute approximate surface area is 171 Å². The molecule has 0 radical (unpaired) electrons. The van der Waals surface area contributed by atoms with Crippen LogP contribution >= 0.6 is 15.9 Å². The number of rotatable bonds is 4. The number of nitrogens with zero attached hydrogens (tertiary/aromatic N) is 3. The Hall–Kier alpha value is -2.99. The van der Waals surface area contributed by atoms with E-state index in [1.807, 2.05) is 67.6 Å². The number of benzene rings is 2. The van der Waals surface area contributed by atoms with Gasteiger partial charge in [-0.1, -0.05) is 69.6 Å². The Morgan fingerprint density at radius 1 is 1.11 bits per heavy atom. The van der Waals surface area contributed by atoms with Gasteiger partial charge in [-0.3, -0.25) is 4.79 Å². The standard InChI is InChI=1S/C22H18BrN3O2/c1-14-20-17(22(27)26(2)13-16-10-6-7-11-18(16)23)12-19(24-21(20)28-25-14)15-8-4-3-5-9-15/h3-12H,13H2,1-2H3. The second-order valence-electron chi connectivity index (χ2n) is 6.62. The van der Waals surface area contributed by atoms with Crippen LogP contribution in [0.3, 0.4) is 0 Å². The molecule has 0 fully saturated rings. The summed E-state index contributed by atoms with van der Waals surface area (Å²) in [6.45, 7) is 2.30. The van der Waals surface area contributed by atoms with Crippen molar-refractivity contribution in [3.05, 3.63) is 82.0 Å². The predicted molar refractivity (Wildman–Crippen MR) is 112 cm³/mol. The zero-order valence-corrected chi connectivity index (χ0v) is 17.1. The number of fused-ring (bicyclic) bond motifs is 1. The lowest BCUT2D eigenvalue weighted by molar-refractivity contribution is 0.0786. The summed E-state index contributed by atoms with van der Waals surface area (Å²) in [7, 11) is 1.79. The van der Waals surface area contributed by atoms with E-state index < -0.39 is 0 Å². The SMILES string of the molecule is Cc1noc2nc(-c3ccccc3)cc(C(=O)N(C)Cc3ccccc3Br)c12. The van der Waals surface area contributed by atoms with E-state index in [9.17, 15) is 4.79 Å². The van der Waals surface area contributed by atoms with E-state index in [1.165, 1.54) is 0 Å². The first-order valence-corrected chi connectivity index (χ1v) is 9.65. The molecule has 0 aliphatic carbocycles. The maximum atomic E-state index is 13.3. The molecule has 0 aliphatic rings. The largest absolute Gasteiger partial charge is 0.337 e. The van der Waals surface area contributed by atoms with Gasteiger partial charge in [0.1, 0.15) is 0 Å². The van der Waals surface area contributed by atoms with Gasteiger partial charge in [0.25, 0.3) is 11.6 Å². The van der Waals surface area contributed by atoms with Crippen molar-refractivity contribution in [2.45, 2.75) is 13.5 Å². The van der Waals surface area contributed by atoms with Gasteiger partial charge in [0.05, 0.1) is 22.3 Å². The summed E-state index contributed by atoms with van der Waals surface area (Å²) in [5.74, 6) is -0.105. The summed E-state index contributed by atoms with van der Waals surface area (Å²) in [4.78, 5) is 19.6. The van der Waals surface area contributed by atoms with Crippen molar-refractivity contribution in [3.8, 4) is 11.3 Å². The van der Waals surface area contributed by atoms with Crippen molar-refractivity contribution < 1.29 is 9.32 Å². The highest BCUT2D eigenvalue weighted by Crippen LogP contribution is 2.28. The number of halogens is 1. The molecule has 1 amide bonds. The summed E-state index contributed by atoms with van der Waals surface area (Å²) in [5, 5.41) is 4.67. The highest BCUT2D eigenvalue weighted by atomic mass is 79.9. The molecule has 2 aromatic heterocycles. The molecule has 140 valence electrons. The Bertz CT molecular complexity index is 1160. The Balaban J connectivity index is 1.77. The van der Waals surface area contributed by atoms with E-state index in [0.29, 0.717) is 34.6 Å². The highest BCUT2D eigenvalue weighted by Gasteiger charge is 2.22. The molecule has 4 rings (SSSR count). The molecule has 2 heterocycles. The lowest BCUT2D eigenvalue weighted by Gasteiger charge is -2.19. The lowest BCUT2D eigenvalue weighted by Crippen LogP contribution is -2.26. The van der Waals surface area contributed by atoms with Crippen LogP contribution in [0.5, 0.6) is 0 Å². The summed E-state index contributed by atoms with van der Waals surface area (Å²) in [5.41, 5.74) is 4.20. The number of aryl methyl sites for hydroxylation is 1. The molecule has 28 heavy (non-hydrogen) atoms. The number of carbonyl (C=O) groups excluding carboxylic acids is 1. The molecule has 0 atom stereocenters. The molecule has 0 saturated heterocycles. The number of aromatic nitrogens is 2. The molecule has 6 heteroatoms. The number of carbonyl (C=O) groups is 1. The van der Waals surface area contributed by atoms with Crippen molar-refractivity contribution >= 4 is 32.9 Å². The first-order chi connectivity index (χ1) is 13.5. The van der Waals surface area contributed by atoms with Crippen molar-refractivity contribution in [1.82, 2.24) is 15.0 Å². The van der Waals surface area contributed by atoms with Crippen LogP contribution in [0.2, 0.25) is 0 Å². The van der Waals surface area contributed by atoms with Crippen LogP contribution in [0.25, 0.3) is 22.4 Å². The molecule has 5 nitrogen and oxygen atoms in total. The van der Waals surface area contributed by atoms with E-state index in [-0.39, 0.29) is 5.91 Å². The number of hydrogen-bond acceptors (Lipinski definition) is 4. The fraction of sp³-hybridized carbons (Fsp3) is 0.136. The quantitative estimate of drug-likeness (QED) is 0.440. The zero-order chi connectivity index (χ0) is 19.7. The smallest absolute Gasteiger partial charge is 0.259 e. The first kappa shape index (κ1) is 18.4. The van der Waals surface area contributed by atoms with Crippen molar-refractivity contribution in [2.75, 3.05) is 7.05 Å². The molecular formula is C22H18BrN3O2. The Morgan fingerprint density at radius 2 is 1.82 bits per heavy atom. The van der Waals surface area contributed by atoms with E-state index >= 15 is 0 Å². The average Bonchev–Trinajstić information content (AvgIpc) is 3.10. The lowest BCUT2D eigenvalue weighted by atomic mass is 10.0. The number of hydrogen-bond donors (Lipinski definition) is 0. The van der Waals surface area contributed by atoms with Gasteiger partial charge >= 0.3 is 0 Å². The van der Waals surface area contributed by atoms with E-state index in [0.717, 1.165) is 15.6 Å². The minimum atomic E-state index is -0.105. The highest BCUT2D eigenvalue weighted by molar-refractivity contribution is 9.10. The van der Waals surface area contributed by atoms with Crippen LogP contribution in [0.15, 0.2) is 69.7 Å². The predicted octanol–water partition coefficient (Wildman–Crippen LogP) is 5.23. The minimum absolute atomic E-state index is 0.105. The third kappa shape index (κ3) is 3.43. The monoisotopic (exact) mass is 435 g/mol. The molecule has 4 aromatic rings. The van der Waals surface area contributed by atoms with Gasteiger partial charge in [-0.15, -0.1) is 0 Å². The molecular weight excluding hydrogens is 418 g/mol. The van der Waals surface area contributed by atoms with Gasteiger partial charge in [0.2, 0.25) is 0 Å². The minimum Gasteiger partial charge on any atom is -0.337 e. The average molecular weight is 436 g/mol. The van der Waals surface area contributed by atoms with E-state index in [1.54, 1.807) is 11.9 Å². The zero-order valence-electron chi connectivity index (χ0n) is 15.5. The van der Waals surface area contributed by atoms with Gasteiger partial charge in [-0.25, -0.2) is 4.98 Å². The molecule has 0 saturated carbocycles. The van der Waals surface area contributed by atoms with Crippen LogP contribution in [0.1, 0.15) is 21.6 Å². The van der Waals surface area contributed by atoms with Gasteiger partial charge in [-0.2, -0.15) is 0 Å². The molecule has 2 aromatic carbocycles. The van der Waals surface area contributed by atoms with Crippen LogP contribution < -0.4 is 0 Å². The van der Waals surface area contributed by atoms with Gasteiger partial charge < -0.3 is 9.42 Å². The van der Waals surface area contributed by atoms with Crippen molar-refractivity contribution in [1.29, 1.82) is 0 Å². The van der Waals surface area contributed by atoms with Gasteiger partial charge in [0.15, 0.2) is 0 Å². The summed E-state index contributed by atoms with van der Waals surface area (Å²) >= 11 is 3.54. The fourth-order valence-corrected chi connectivity index (χ4v) is 3.59. The molecule has 0 unspecified atom stereocenters. The Morgan fingerprint density at radius 3 is 2.57 bits per heavy atom. The Kier molecular flexibility index (Phi) is 4.96. The molecule has 0 bridgehead atoms. The molecule has 0 spiro atoms. The topological polar surface area (TPSA) is 59.2 Å². The first-order valence-electron chi connectivity index (χ1n) is 8.86.